The number of amides is 1. The lowest BCUT2D eigenvalue weighted by molar-refractivity contribution is 0.119. The molecule has 1 aliphatic carbocycles. The van der Waals surface area contributed by atoms with Crippen molar-refractivity contribution in [3.05, 3.63) is 34.9 Å². The van der Waals surface area contributed by atoms with E-state index in [1.807, 2.05) is 30.0 Å². The van der Waals surface area contributed by atoms with Crippen molar-refractivity contribution in [2.75, 3.05) is 13.2 Å². The maximum Gasteiger partial charge on any atom is 0.410 e. The van der Waals surface area contributed by atoms with E-state index in [4.69, 9.17) is 22.1 Å². The SMILES string of the molecule is C[C@H]1COC(=O)N1C1CCC(CN)(c2cccc(Cl)c2)CC1. The van der Waals surface area contributed by atoms with Crippen LogP contribution in [0.3, 0.4) is 0 Å². The minimum atomic E-state index is -0.166. The first kappa shape index (κ1) is 15.6. The molecule has 1 saturated carbocycles. The molecule has 1 aromatic carbocycles. The van der Waals surface area contributed by atoms with Gasteiger partial charge in [-0.15, -0.1) is 0 Å². The van der Waals surface area contributed by atoms with Gasteiger partial charge in [-0.25, -0.2) is 4.79 Å². The molecule has 2 aliphatic rings. The average Bonchev–Trinajstić information content (AvgIpc) is 2.86. The van der Waals surface area contributed by atoms with Crippen molar-refractivity contribution in [2.45, 2.75) is 50.1 Å². The number of nitrogens with two attached hydrogens (primary N) is 1. The van der Waals surface area contributed by atoms with E-state index in [0.29, 0.717) is 13.2 Å². The number of benzene rings is 1. The number of hydrogen-bond donors (Lipinski definition) is 1. The molecule has 4 nitrogen and oxygen atoms in total. The van der Waals surface area contributed by atoms with Gasteiger partial charge in [0.25, 0.3) is 0 Å². The summed E-state index contributed by atoms with van der Waals surface area (Å²) in [6, 6.07) is 8.47. The predicted octanol–water partition coefficient (Wildman–Crippen LogP) is 3.32. The molecule has 3 rings (SSSR count). The highest BCUT2D eigenvalue weighted by molar-refractivity contribution is 6.30. The highest BCUT2D eigenvalue weighted by atomic mass is 35.5. The quantitative estimate of drug-likeness (QED) is 0.928. The lowest BCUT2D eigenvalue weighted by Gasteiger charge is -2.42. The van der Waals surface area contributed by atoms with E-state index in [1.165, 1.54) is 5.56 Å². The second-order valence-corrected chi connectivity index (χ2v) is 7.00. The molecule has 0 aromatic heterocycles. The smallest absolute Gasteiger partial charge is 0.410 e. The zero-order chi connectivity index (χ0) is 15.7. The maximum absolute atomic E-state index is 11.9. The van der Waals surface area contributed by atoms with Gasteiger partial charge < -0.3 is 10.5 Å². The number of carbonyl (C=O) groups is 1. The second kappa shape index (κ2) is 6.09. The fourth-order valence-electron chi connectivity index (χ4n) is 3.90. The van der Waals surface area contributed by atoms with Crippen LogP contribution in [0.1, 0.15) is 38.2 Å². The molecular weight excluding hydrogens is 300 g/mol. The number of halogens is 1. The molecular formula is C17H23ClN2O2. The van der Waals surface area contributed by atoms with Gasteiger partial charge in [-0.3, -0.25) is 4.90 Å². The van der Waals surface area contributed by atoms with Crippen LogP contribution >= 0.6 is 11.6 Å². The highest BCUT2D eigenvalue weighted by Gasteiger charge is 2.42. The van der Waals surface area contributed by atoms with Crippen molar-refractivity contribution in [3.63, 3.8) is 0 Å². The summed E-state index contributed by atoms with van der Waals surface area (Å²) >= 11 is 6.14. The second-order valence-electron chi connectivity index (χ2n) is 6.56. The van der Waals surface area contributed by atoms with Crippen molar-refractivity contribution < 1.29 is 9.53 Å². The van der Waals surface area contributed by atoms with Crippen LogP contribution in [0, 0.1) is 0 Å². The Bertz CT molecular complexity index is 555. The fourth-order valence-corrected chi connectivity index (χ4v) is 4.09. The molecule has 0 bridgehead atoms. The summed E-state index contributed by atoms with van der Waals surface area (Å²) in [5, 5.41) is 0.754. The molecule has 22 heavy (non-hydrogen) atoms. The van der Waals surface area contributed by atoms with Gasteiger partial charge >= 0.3 is 6.09 Å². The van der Waals surface area contributed by atoms with Crippen LogP contribution in [-0.2, 0) is 10.2 Å². The molecule has 0 unspecified atom stereocenters. The van der Waals surface area contributed by atoms with Crippen LogP contribution in [0.15, 0.2) is 24.3 Å². The van der Waals surface area contributed by atoms with Gasteiger partial charge in [-0.05, 0) is 50.3 Å². The van der Waals surface area contributed by atoms with Gasteiger partial charge in [-0.2, -0.15) is 0 Å². The van der Waals surface area contributed by atoms with E-state index in [-0.39, 0.29) is 23.6 Å². The standard InChI is InChI=1S/C17H23ClN2O2/c1-12-10-22-16(21)20(12)15-5-7-17(11-19,8-6-15)13-3-2-4-14(18)9-13/h2-4,9,12,15H,5-8,10-11,19H2,1H3/t12-,15?,17?/m0/s1. The fraction of sp³-hybridized carbons (Fsp3) is 0.588. The largest absolute Gasteiger partial charge is 0.447 e. The molecule has 120 valence electrons. The van der Waals surface area contributed by atoms with E-state index < -0.39 is 0 Å². The third kappa shape index (κ3) is 2.70. The number of rotatable bonds is 3. The Balaban J connectivity index is 1.75. The zero-order valence-electron chi connectivity index (χ0n) is 12.9. The Morgan fingerprint density at radius 2 is 2.14 bits per heavy atom. The molecule has 0 spiro atoms. The van der Waals surface area contributed by atoms with Crippen molar-refractivity contribution in [3.8, 4) is 0 Å². The van der Waals surface area contributed by atoms with Crippen LogP contribution in [0.4, 0.5) is 4.79 Å². The highest BCUT2D eigenvalue weighted by Crippen LogP contribution is 2.41. The summed E-state index contributed by atoms with van der Waals surface area (Å²) < 4.78 is 5.15. The number of hydrogen-bond acceptors (Lipinski definition) is 3. The Labute approximate surface area is 136 Å². The monoisotopic (exact) mass is 322 g/mol. The average molecular weight is 323 g/mol. The molecule has 1 saturated heterocycles. The summed E-state index contributed by atoms with van der Waals surface area (Å²) in [6.07, 6.45) is 3.71. The first-order valence-electron chi connectivity index (χ1n) is 7.97. The van der Waals surface area contributed by atoms with Crippen LogP contribution in [0.2, 0.25) is 5.02 Å². The van der Waals surface area contributed by atoms with E-state index in [2.05, 4.69) is 6.07 Å². The predicted molar refractivity (Wildman–Crippen MR) is 87.1 cm³/mol. The summed E-state index contributed by atoms with van der Waals surface area (Å²) in [6.45, 7) is 3.17. The van der Waals surface area contributed by atoms with Gasteiger partial charge in [0, 0.05) is 23.0 Å². The van der Waals surface area contributed by atoms with Crippen LogP contribution in [0.25, 0.3) is 0 Å². The number of nitrogens with zero attached hydrogens (tertiary/aromatic N) is 1. The lowest BCUT2D eigenvalue weighted by atomic mass is 9.68. The van der Waals surface area contributed by atoms with Crippen molar-refractivity contribution in [2.24, 2.45) is 5.73 Å². The van der Waals surface area contributed by atoms with E-state index in [9.17, 15) is 4.79 Å². The maximum atomic E-state index is 11.9. The molecule has 1 aliphatic heterocycles. The van der Waals surface area contributed by atoms with Crippen LogP contribution in [0.5, 0.6) is 0 Å². The van der Waals surface area contributed by atoms with Crippen LogP contribution < -0.4 is 5.73 Å². The summed E-state index contributed by atoms with van der Waals surface area (Å²) in [7, 11) is 0. The third-order valence-electron chi connectivity index (χ3n) is 5.27. The summed E-state index contributed by atoms with van der Waals surface area (Å²) in [5.74, 6) is 0. The molecule has 5 heteroatoms. The van der Waals surface area contributed by atoms with Crippen molar-refractivity contribution >= 4 is 17.7 Å². The van der Waals surface area contributed by atoms with Crippen molar-refractivity contribution in [1.82, 2.24) is 4.90 Å². The topological polar surface area (TPSA) is 55.6 Å². The summed E-state index contributed by atoms with van der Waals surface area (Å²) in [5.41, 5.74) is 7.33. The van der Waals surface area contributed by atoms with E-state index >= 15 is 0 Å². The first-order chi connectivity index (χ1) is 10.6. The van der Waals surface area contributed by atoms with E-state index in [0.717, 1.165) is 30.7 Å². The molecule has 0 radical (unpaired) electrons. The number of cyclic esters (lactones) is 1. The Morgan fingerprint density at radius 3 is 2.68 bits per heavy atom. The lowest BCUT2D eigenvalue weighted by Crippen LogP contribution is -2.47. The van der Waals surface area contributed by atoms with Gasteiger partial charge in [-0.1, -0.05) is 23.7 Å². The molecule has 1 atom stereocenters. The minimum Gasteiger partial charge on any atom is -0.447 e. The normalized spacial score (nSPS) is 32.1. The Hall–Kier alpha value is -1.26. The molecule has 2 fully saturated rings. The van der Waals surface area contributed by atoms with Crippen LogP contribution in [-0.4, -0.2) is 36.2 Å². The van der Waals surface area contributed by atoms with Gasteiger partial charge in [0.2, 0.25) is 0 Å². The minimum absolute atomic E-state index is 0.0196. The number of carbonyl (C=O) groups excluding carboxylic acids is 1. The van der Waals surface area contributed by atoms with Crippen molar-refractivity contribution in [1.29, 1.82) is 0 Å². The first-order valence-corrected chi connectivity index (χ1v) is 8.35. The molecule has 1 heterocycles. The van der Waals surface area contributed by atoms with Gasteiger partial charge in [0.1, 0.15) is 6.61 Å². The molecule has 1 aromatic rings. The van der Waals surface area contributed by atoms with E-state index in [1.54, 1.807) is 0 Å². The zero-order valence-corrected chi connectivity index (χ0v) is 13.7. The van der Waals surface area contributed by atoms with Gasteiger partial charge in [0.15, 0.2) is 0 Å². The molecule has 1 amide bonds. The Kier molecular flexibility index (Phi) is 4.33. The molecule has 2 N–H and O–H groups in total. The number of ether oxygens (including phenoxy) is 1. The third-order valence-corrected chi connectivity index (χ3v) is 5.50. The Morgan fingerprint density at radius 1 is 1.41 bits per heavy atom. The van der Waals surface area contributed by atoms with Gasteiger partial charge in [0.05, 0.1) is 6.04 Å². The summed E-state index contributed by atoms with van der Waals surface area (Å²) in [4.78, 5) is 13.8.